The minimum absolute atomic E-state index is 0.131. The lowest BCUT2D eigenvalue weighted by Crippen LogP contribution is -2.35. The molecule has 0 saturated carbocycles. The van der Waals surface area contributed by atoms with Gasteiger partial charge in [-0.05, 0) is 75.2 Å². The number of hydrogen-bond acceptors (Lipinski definition) is 7. The number of aromatic nitrogens is 1. The average molecular weight is 537 g/mol. The smallest absolute Gasteiger partial charge is 0.407 e. The molecule has 4 aromatic rings. The molecule has 0 saturated heterocycles. The number of benzene rings is 2. The highest BCUT2D eigenvalue weighted by Crippen LogP contribution is 2.30. The van der Waals surface area contributed by atoms with E-state index in [0.717, 1.165) is 44.5 Å². The molecule has 0 bridgehead atoms. The van der Waals surface area contributed by atoms with Crippen LogP contribution in [-0.4, -0.2) is 43.1 Å². The molecule has 2 heterocycles. The van der Waals surface area contributed by atoms with Gasteiger partial charge in [-0.15, -0.1) is 11.3 Å². The van der Waals surface area contributed by atoms with E-state index in [4.69, 9.17) is 10.5 Å². The summed E-state index contributed by atoms with van der Waals surface area (Å²) in [5, 5.41) is 7.71. The number of carbonyl (C=O) groups excluding carboxylic acids is 2. The maximum absolute atomic E-state index is 11.0. The molecule has 8 heteroatoms. The molecule has 2 aromatic heterocycles. The Hall–Kier alpha value is -3.49. The summed E-state index contributed by atoms with van der Waals surface area (Å²) < 4.78 is 5.01. The number of nitrogens with zero attached hydrogens (tertiary/aromatic N) is 1. The molecular weight excluding hydrogens is 496 g/mol. The van der Waals surface area contributed by atoms with Crippen LogP contribution in [-0.2, 0) is 10.2 Å². The van der Waals surface area contributed by atoms with Crippen molar-refractivity contribution in [3.8, 4) is 0 Å². The summed E-state index contributed by atoms with van der Waals surface area (Å²) in [6.45, 7) is 13.5. The van der Waals surface area contributed by atoms with Crippen molar-refractivity contribution < 1.29 is 14.3 Å². The van der Waals surface area contributed by atoms with E-state index >= 15 is 0 Å². The number of nitrogens with two attached hydrogens (primary N) is 1. The van der Waals surface area contributed by atoms with Gasteiger partial charge in [0, 0.05) is 29.5 Å². The quantitative estimate of drug-likeness (QED) is 0.155. The van der Waals surface area contributed by atoms with Gasteiger partial charge in [0.05, 0.1) is 10.4 Å². The number of nitrogen functional groups attached to an aromatic ring is 1. The van der Waals surface area contributed by atoms with Gasteiger partial charge in [0.2, 0.25) is 0 Å². The molecule has 0 aliphatic carbocycles. The zero-order chi connectivity index (χ0) is 28.3. The molecule has 0 spiro atoms. The lowest BCUT2D eigenvalue weighted by atomic mass is 9.86. The number of hydrogen-bond donors (Lipinski definition) is 3. The molecule has 0 atom stereocenters. The summed E-state index contributed by atoms with van der Waals surface area (Å²) in [5.41, 5.74) is 8.18. The van der Waals surface area contributed by atoms with Gasteiger partial charge in [-0.25, -0.2) is 9.78 Å². The number of carbonyl (C=O) groups is 2. The number of rotatable bonds is 4. The monoisotopic (exact) mass is 536 g/mol. The molecule has 7 nitrogen and oxygen atoms in total. The van der Waals surface area contributed by atoms with Crippen molar-refractivity contribution in [2.75, 3.05) is 25.9 Å². The second-order valence-corrected chi connectivity index (χ2v) is 11.8. The summed E-state index contributed by atoms with van der Waals surface area (Å²) >= 11 is 1.44. The number of thiophene rings is 1. The van der Waals surface area contributed by atoms with Crippen molar-refractivity contribution in [3.05, 3.63) is 71.1 Å². The van der Waals surface area contributed by atoms with Crippen molar-refractivity contribution in [1.29, 1.82) is 0 Å². The van der Waals surface area contributed by atoms with Crippen LogP contribution in [0.3, 0.4) is 0 Å². The zero-order valence-corrected chi connectivity index (χ0v) is 24.2. The van der Waals surface area contributed by atoms with E-state index in [0.29, 0.717) is 6.54 Å². The Balaban J connectivity index is 0.000000228. The minimum atomic E-state index is -0.413. The van der Waals surface area contributed by atoms with Gasteiger partial charge >= 0.3 is 6.09 Å². The molecular formula is C30H40N4O3S. The number of likely N-dealkylation sites (N-methyl/N-ethyl adjacent to an activating group) is 1. The number of anilines is 1. The lowest BCUT2D eigenvalue weighted by molar-refractivity contribution is 0.0528. The Morgan fingerprint density at radius 2 is 1.66 bits per heavy atom. The molecule has 0 radical (unpaired) electrons. The highest BCUT2D eigenvalue weighted by molar-refractivity contribution is 7.20. The molecule has 0 fully saturated rings. The number of para-hydroxylation sites is 1. The van der Waals surface area contributed by atoms with Gasteiger partial charge in [-0.2, -0.15) is 0 Å². The Kier molecular flexibility index (Phi) is 11.2. The highest BCUT2D eigenvalue weighted by atomic mass is 32.1. The Bertz CT molecular complexity index is 1320. The van der Waals surface area contributed by atoms with Gasteiger partial charge in [-0.1, -0.05) is 45.0 Å². The Morgan fingerprint density at radius 3 is 2.18 bits per heavy atom. The molecule has 4 N–H and O–H groups in total. The predicted octanol–water partition coefficient (Wildman–Crippen LogP) is 6.56. The fourth-order valence-electron chi connectivity index (χ4n) is 3.24. The van der Waals surface area contributed by atoms with Crippen molar-refractivity contribution in [2.24, 2.45) is 0 Å². The van der Waals surface area contributed by atoms with E-state index in [1.165, 1.54) is 16.9 Å². The third-order valence-corrected chi connectivity index (χ3v) is 6.11. The Labute approximate surface area is 229 Å². The van der Waals surface area contributed by atoms with Crippen LogP contribution in [0.5, 0.6) is 0 Å². The number of nitrogens with one attached hydrogen (secondary N) is 2. The number of alkyl carbamates (subject to hydrolysis) is 1. The van der Waals surface area contributed by atoms with Crippen molar-refractivity contribution in [2.45, 2.75) is 52.6 Å². The topological polar surface area (TPSA) is 106 Å². The highest BCUT2D eigenvalue weighted by Gasteiger charge is 2.15. The van der Waals surface area contributed by atoms with Gasteiger partial charge < -0.3 is 21.1 Å². The fraction of sp³-hybridized carbons (Fsp3) is 0.367. The largest absolute Gasteiger partial charge is 0.444 e. The van der Waals surface area contributed by atoms with Gasteiger partial charge in [0.1, 0.15) is 10.4 Å². The second-order valence-electron chi connectivity index (χ2n) is 10.7. The van der Waals surface area contributed by atoms with Crippen LogP contribution in [0.2, 0.25) is 0 Å². The fourth-order valence-corrected chi connectivity index (χ4v) is 4.07. The second kappa shape index (κ2) is 13.9. The third kappa shape index (κ3) is 10.5. The summed E-state index contributed by atoms with van der Waals surface area (Å²) in [5.74, 6) is 0. The predicted molar refractivity (Wildman–Crippen MR) is 160 cm³/mol. The van der Waals surface area contributed by atoms with E-state index < -0.39 is 5.60 Å². The molecule has 4 rings (SSSR count). The van der Waals surface area contributed by atoms with Crippen LogP contribution in [0.1, 0.15) is 56.8 Å². The maximum Gasteiger partial charge on any atom is 0.407 e. The van der Waals surface area contributed by atoms with Crippen LogP contribution < -0.4 is 16.4 Å². The minimum Gasteiger partial charge on any atom is -0.444 e. The van der Waals surface area contributed by atoms with E-state index in [1.807, 2.05) is 64.2 Å². The van der Waals surface area contributed by atoms with Crippen molar-refractivity contribution in [3.63, 3.8) is 0 Å². The summed E-state index contributed by atoms with van der Waals surface area (Å²) in [4.78, 5) is 28.1. The average Bonchev–Trinajstić information content (AvgIpc) is 3.24. The van der Waals surface area contributed by atoms with E-state index in [-0.39, 0.29) is 11.5 Å². The maximum atomic E-state index is 11.0. The number of aldehydes is 1. The van der Waals surface area contributed by atoms with Gasteiger partial charge in [-0.3, -0.25) is 4.79 Å². The third-order valence-electron chi connectivity index (χ3n) is 5.14. The molecule has 0 aliphatic heterocycles. The summed E-state index contributed by atoms with van der Waals surface area (Å²) in [6, 6.07) is 19.9. The van der Waals surface area contributed by atoms with E-state index in [2.05, 4.69) is 60.7 Å². The van der Waals surface area contributed by atoms with Gasteiger partial charge in [0.15, 0.2) is 6.29 Å². The van der Waals surface area contributed by atoms with Crippen molar-refractivity contribution >= 4 is 50.5 Å². The van der Waals surface area contributed by atoms with Gasteiger partial charge in [0.25, 0.3) is 0 Å². The van der Waals surface area contributed by atoms with E-state index in [1.54, 1.807) is 0 Å². The lowest BCUT2D eigenvalue weighted by Gasteiger charge is -2.19. The standard InChI is InChI=1S/C16H15NOS.C8H18N2O2.C6H7N/c1-16(2,3)12-4-5-14-10(7-12)6-11-8-13(9-18)19-15(11)17-14;1-8(2,3)12-7(11)10-6-5-9-4;7-6-4-2-1-3-5-6/h4-9H,1-3H3;9H,5-6H2,1-4H3,(H,10,11);1-5H,7H2. The molecule has 38 heavy (non-hydrogen) atoms. The van der Waals surface area contributed by atoms with Crippen molar-refractivity contribution in [1.82, 2.24) is 15.6 Å². The SMILES string of the molecule is CC(C)(C)c1ccc2nc3sc(C=O)cc3cc2c1.CNCCNC(=O)OC(C)(C)C.Nc1ccccc1. The number of ether oxygens (including phenoxy) is 1. The first-order valence-corrected chi connectivity index (χ1v) is 13.4. The Morgan fingerprint density at radius 1 is 0.974 bits per heavy atom. The zero-order valence-electron chi connectivity index (χ0n) is 23.4. The molecule has 204 valence electrons. The number of amides is 1. The van der Waals surface area contributed by atoms with Crippen LogP contribution >= 0.6 is 11.3 Å². The number of pyridine rings is 1. The first-order chi connectivity index (χ1) is 17.8. The van der Waals surface area contributed by atoms with Crippen LogP contribution in [0.4, 0.5) is 10.5 Å². The summed E-state index contributed by atoms with van der Waals surface area (Å²) in [7, 11) is 1.83. The molecule has 1 amide bonds. The summed E-state index contributed by atoms with van der Waals surface area (Å²) in [6.07, 6.45) is 0.523. The van der Waals surface area contributed by atoms with Crippen LogP contribution in [0, 0.1) is 0 Å². The molecule has 0 unspecified atom stereocenters. The molecule has 2 aromatic carbocycles. The van der Waals surface area contributed by atoms with Crippen LogP contribution in [0.15, 0.2) is 60.7 Å². The normalized spacial score (nSPS) is 11.1. The first-order valence-electron chi connectivity index (χ1n) is 12.5. The molecule has 0 aliphatic rings. The van der Waals surface area contributed by atoms with E-state index in [9.17, 15) is 9.59 Å². The number of fused-ring (bicyclic) bond motifs is 2. The first kappa shape index (κ1) is 30.7. The van der Waals surface area contributed by atoms with Crippen LogP contribution in [0.25, 0.3) is 21.1 Å².